The maximum atomic E-state index is 11.1. The number of aldehydes is 1. The van der Waals surface area contributed by atoms with Crippen LogP contribution in [-0.2, 0) is 13.5 Å². The summed E-state index contributed by atoms with van der Waals surface area (Å²) in [6.07, 6.45) is 3.21. The predicted octanol–water partition coefficient (Wildman–Crippen LogP) is 1.58. The van der Waals surface area contributed by atoms with E-state index in [0.29, 0.717) is 35.8 Å². The van der Waals surface area contributed by atoms with E-state index in [1.165, 1.54) is 0 Å². The minimum Gasteiger partial charge on any atom is -0.492 e. The standard InChI is InChI=1S/C14H14N2O4/c1-16-11(2-4-15-16)3-5-18-12-7-14-13(19-9-20-14)6-10(12)8-17/h2,4,6-8H,3,5,9H2,1H3. The van der Waals surface area contributed by atoms with E-state index in [0.717, 1.165) is 12.0 Å². The first-order chi connectivity index (χ1) is 9.78. The van der Waals surface area contributed by atoms with Gasteiger partial charge in [-0.3, -0.25) is 9.48 Å². The molecule has 2 heterocycles. The Morgan fingerprint density at radius 1 is 1.40 bits per heavy atom. The van der Waals surface area contributed by atoms with Crippen LogP contribution in [0.1, 0.15) is 16.1 Å². The molecule has 1 aromatic carbocycles. The smallest absolute Gasteiger partial charge is 0.231 e. The summed E-state index contributed by atoms with van der Waals surface area (Å²) in [5.74, 6) is 1.68. The Bertz CT molecular complexity index is 636. The van der Waals surface area contributed by atoms with Crippen molar-refractivity contribution in [1.82, 2.24) is 9.78 Å². The molecular weight excluding hydrogens is 260 g/mol. The Morgan fingerprint density at radius 3 is 2.90 bits per heavy atom. The first-order valence-electron chi connectivity index (χ1n) is 6.26. The molecule has 0 amide bonds. The average molecular weight is 274 g/mol. The van der Waals surface area contributed by atoms with Crippen molar-refractivity contribution >= 4 is 6.29 Å². The van der Waals surface area contributed by atoms with Gasteiger partial charge in [-0.2, -0.15) is 5.10 Å². The minimum absolute atomic E-state index is 0.173. The normalized spacial score (nSPS) is 12.4. The van der Waals surface area contributed by atoms with Crippen LogP contribution in [0, 0.1) is 0 Å². The third kappa shape index (κ3) is 2.32. The molecule has 6 heteroatoms. The van der Waals surface area contributed by atoms with Crippen molar-refractivity contribution in [3.8, 4) is 17.2 Å². The fraction of sp³-hybridized carbons (Fsp3) is 0.286. The average Bonchev–Trinajstić information content (AvgIpc) is 3.06. The number of hydrogen-bond acceptors (Lipinski definition) is 5. The fourth-order valence-electron chi connectivity index (χ4n) is 2.07. The molecule has 0 bridgehead atoms. The van der Waals surface area contributed by atoms with Gasteiger partial charge in [0.1, 0.15) is 5.75 Å². The van der Waals surface area contributed by atoms with E-state index in [4.69, 9.17) is 14.2 Å². The summed E-state index contributed by atoms with van der Waals surface area (Å²) in [6, 6.07) is 5.26. The van der Waals surface area contributed by atoms with Gasteiger partial charge in [-0.25, -0.2) is 0 Å². The molecule has 1 aliphatic rings. The highest BCUT2D eigenvalue weighted by Crippen LogP contribution is 2.37. The van der Waals surface area contributed by atoms with Gasteiger partial charge in [-0.05, 0) is 12.1 Å². The summed E-state index contributed by atoms with van der Waals surface area (Å²) in [4.78, 5) is 11.1. The van der Waals surface area contributed by atoms with Crippen LogP contribution in [0.2, 0.25) is 0 Å². The zero-order valence-electron chi connectivity index (χ0n) is 11.0. The second-order valence-corrected chi connectivity index (χ2v) is 4.41. The number of aryl methyl sites for hydroxylation is 1. The summed E-state index contributed by atoms with van der Waals surface area (Å²) >= 11 is 0. The largest absolute Gasteiger partial charge is 0.492 e. The highest BCUT2D eigenvalue weighted by Gasteiger charge is 2.17. The maximum Gasteiger partial charge on any atom is 0.231 e. The highest BCUT2D eigenvalue weighted by atomic mass is 16.7. The molecule has 0 unspecified atom stereocenters. The molecule has 1 aromatic heterocycles. The molecule has 2 aromatic rings. The topological polar surface area (TPSA) is 62.6 Å². The van der Waals surface area contributed by atoms with E-state index in [9.17, 15) is 4.79 Å². The van der Waals surface area contributed by atoms with Crippen LogP contribution >= 0.6 is 0 Å². The number of carbonyl (C=O) groups is 1. The van der Waals surface area contributed by atoms with Crippen molar-refractivity contribution in [2.45, 2.75) is 6.42 Å². The van der Waals surface area contributed by atoms with Gasteiger partial charge in [-0.15, -0.1) is 0 Å². The molecular formula is C14H14N2O4. The predicted molar refractivity (Wildman–Crippen MR) is 70.4 cm³/mol. The lowest BCUT2D eigenvalue weighted by molar-refractivity contribution is 0.111. The monoisotopic (exact) mass is 274 g/mol. The third-order valence-electron chi connectivity index (χ3n) is 3.17. The number of fused-ring (bicyclic) bond motifs is 1. The molecule has 0 saturated carbocycles. The number of benzene rings is 1. The van der Waals surface area contributed by atoms with E-state index in [1.807, 2.05) is 13.1 Å². The lowest BCUT2D eigenvalue weighted by atomic mass is 10.2. The Balaban J connectivity index is 1.71. The van der Waals surface area contributed by atoms with Crippen molar-refractivity contribution in [2.24, 2.45) is 7.05 Å². The second-order valence-electron chi connectivity index (χ2n) is 4.41. The van der Waals surface area contributed by atoms with E-state index >= 15 is 0 Å². The first-order valence-corrected chi connectivity index (χ1v) is 6.26. The zero-order chi connectivity index (χ0) is 13.9. The molecule has 0 atom stereocenters. The third-order valence-corrected chi connectivity index (χ3v) is 3.17. The van der Waals surface area contributed by atoms with Crippen molar-refractivity contribution in [3.05, 3.63) is 35.7 Å². The van der Waals surface area contributed by atoms with E-state index < -0.39 is 0 Å². The molecule has 0 radical (unpaired) electrons. The van der Waals surface area contributed by atoms with E-state index in [2.05, 4.69) is 5.10 Å². The van der Waals surface area contributed by atoms with Crippen LogP contribution < -0.4 is 14.2 Å². The zero-order valence-corrected chi connectivity index (χ0v) is 11.0. The Morgan fingerprint density at radius 2 is 2.20 bits per heavy atom. The van der Waals surface area contributed by atoms with Gasteiger partial charge in [0.15, 0.2) is 17.8 Å². The van der Waals surface area contributed by atoms with Crippen LogP contribution in [0.15, 0.2) is 24.4 Å². The molecule has 0 saturated heterocycles. The van der Waals surface area contributed by atoms with Gasteiger partial charge in [0.05, 0.1) is 12.2 Å². The van der Waals surface area contributed by atoms with Crippen molar-refractivity contribution in [3.63, 3.8) is 0 Å². The van der Waals surface area contributed by atoms with Crippen LogP contribution in [0.25, 0.3) is 0 Å². The summed E-state index contributed by atoms with van der Waals surface area (Å²) < 4.78 is 18.0. The molecule has 0 N–H and O–H groups in total. The lowest BCUT2D eigenvalue weighted by Gasteiger charge is -2.09. The fourth-order valence-corrected chi connectivity index (χ4v) is 2.07. The Labute approximate surface area is 115 Å². The van der Waals surface area contributed by atoms with Gasteiger partial charge in [0.2, 0.25) is 6.79 Å². The van der Waals surface area contributed by atoms with Gasteiger partial charge in [0.25, 0.3) is 0 Å². The quantitative estimate of drug-likeness (QED) is 0.775. The number of aromatic nitrogens is 2. The summed E-state index contributed by atoms with van der Waals surface area (Å²) in [6.45, 7) is 0.631. The van der Waals surface area contributed by atoms with Crippen molar-refractivity contribution in [1.29, 1.82) is 0 Å². The van der Waals surface area contributed by atoms with Crippen molar-refractivity contribution in [2.75, 3.05) is 13.4 Å². The summed E-state index contributed by atoms with van der Waals surface area (Å²) in [7, 11) is 1.88. The number of ether oxygens (including phenoxy) is 3. The molecule has 20 heavy (non-hydrogen) atoms. The number of hydrogen-bond donors (Lipinski definition) is 0. The molecule has 0 fully saturated rings. The van der Waals surface area contributed by atoms with Gasteiger partial charge in [0, 0.05) is 31.4 Å². The van der Waals surface area contributed by atoms with Crippen LogP contribution in [0.4, 0.5) is 0 Å². The maximum absolute atomic E-state index is 11.1. The number of carbonyl (C=O) groups excluding carboxylic acids is 1. The second kappa shape index (κ2) is 5.24. The number of rotatable bonds is 5. The SMILES string of the molecule is Cn1nccc1CCOc1cc2c(cc1C=O)OCO2. The van der Waals surface area contributed by atoms with E-state index in [-0.39, 0.29) is 6.79 Å². The highest BCUT2D eigenvalue weighted by molar-refractivity contribution is 5.81. The molecule has 3 rings (SSSR count). The Kier molecular flexibility index (Phi) is 3.28. The van der Waals surface area contributed by atoms with Gasteiger partial charge < -0.3 is 14.2 Å². The van der Waals surface area contributed by atoms with Crippen LogP contribution in [0.5, 0.6) is 17.2 Å². The molecule has 1 aliphatic heterocycles. The van der Waals surface area contributed by atoms with Crippen LogP contribution in [-0.4, -0.2) is 29.5 Å². The molecule has 0 spiro atoms. The molecule has 104 valence electrons. The number of nitrogens with zero attached hydrogens (tertiary/aromatic N) is 2. The molecule has 0 aliphatic carbocycles. The Hall–Kier alpha value is -2.50. The molecule has 6 nitrogen and oxygen atoms in total. The lowest BCUT2D eigenvalue weighted by Crippen LogP contribution is -2.07. The van der Waals surface area contributed by atoms with Gasteiger partial charge >= 0.3 is 0 Å². The van der Waals surface area contributed by atoms with E-state index in [1.54, 1.807) is 23.0 Å². The van der Waals surface area contributed by atoms with Crippen molar-refractivity contribution < 1.29 is 19.0 Å². The van der Waals surface area contributed by atoms with Crippen LogP contribution in [0.3, 0.4) is 0 Å². The summed E-state index contributed by atoms with van der Waals surface area (Å²) in [5, 5.41) is 4.09. The minimum atomic E-state index is 0.173. The first kappa shape index (κ1) is 12.5. The van der Waals surface area contributed by atoms with Gasteiger partial charge in [-0.1, -0.05) is 0 Å². The summed E-state index contributed by atoms with van der Waals surface area (Å²) in [5.41, 5.74) is 1.53.